The molecule has 3 nitrogen and oxygen atoms in total. The van der Waals surface area contributed by atoms with E-state index in [2.05, 4.69) is 61.0 Å². The summed E-state index contributed by atoms with van der Waals surface area (Å²) >= 11 is 0. The topological polar surface area (TPSA) is 41.4 Å². The van der Waals surface area contributed by atoms with Gasteiger partial charge in [0.25, 0.3) is 0 Å². The van der Waals surface area contributed by atoms with Gasteiger partial charge in [-0.1, -0.05) is 11.6 Å². The van der Waals surface area contributed by atoms with Crippen LogP contribution >= 0.6 is 0 Å². The quantitative estimate of drug-likeness (QED) is 0.235. The van der Waals surface area contributed by atoms with E-state index in [4.69, 9.17) is 5.11 Å². The summed E-state index contributed by atoms with van der Waals surface area (Å²) in [4.78, 5) is 10.0. The number of hydrogen-bond acceptors (Lipinski definition) is 2. The third-order valence-corrected chi connectivity index (χ3v) is 3.51. The van der Waals surface area contributed by atoms with Gasteiger partial charge in [-0.15, -0.1) is 11.6 Å². The van der Waals surface area contributed by atoms with E-state index in [1.165, 1.54) is 36.6 Å². The van der Waals surface area contributed by atoms with Gasteiger partial charge in [0.15, 0.2) is 5.78 Å². The fourth-order valence-electron chi connectivity index (χ4n) is 2.47. The van der Waals surface area contributed by atoms with Gasteiger partial charge in [0.2, 0.25) is 0 Å². The maximum atomic E-state index is 10.0. The van der Waals surface area contributed by atoms with E-state index in [9.17, 15) is 4.79 Å². The van der Waals surface area contributed by atoms with Gasteiger partial charge in [-0.05, 0) is 39.3 Å². The second kappa shape index (κ2) is 10.0. The first-order chi connectivity index (χ1) is 11.9. The van der Waals surface area contributed by atoms with Gasteiger partial charge in [-0.2, -0.15) is 30.3 Å². The molecule has 0 saturated heterocycles. The predicted octanol–water partition coefficient (Wildman–Crippen LogP) is 4.34. The normalized spacial score (nSPS) is 10.5. The largest absolute Gasteiger partial charge is 0.512 e. The molecule has 26 heavy (non-hydrogen) atoms. The number of pyridine rings is 2. The molecule has 137 valence electrons. The van der Waals surface area contributed by atoms with Crippen molar-refractivity contribution in [2.75, 3.05) is 0 Å². The molecule has 3 rings (SSSR count). The Morgan fingerprint density at radius 3 is 2.38 bits per heavy atom. The predicted molar refractivity (Wildman–Crippen MR) is 99.3 cm³/mol. The number of nitrogens with zero attached hydrogens (tertiary/aromatic N) is 1. The summed E-state index contributed by atoms with van der Waals surface area (Å²) in [5.41, 5.74) is 5.84. The minimum Gasteiger partial charge on any atom is -0.512 e. The average molecular weight is 525 g/mol. The van der Waals surface area contributed by atoms with Crippen LogP contribution in [0.1, 0.15) is 25.0 Å². The smallest absolute Gasteiger partial charge is 0.155 e. The van der Waals surface area contributed by atoms with Crippen LogP contribution in [0, 0.1) is 26.1 Å². The number of benzene rings is 1. The van der Waals surface area contributed by atoms with Crippen LogP contribution in [0.15, 0.2) is 60.5 Å². The van der Waals surface area contributed by atoms with E-state index in [0.717, 1.165) is 11.1 Å². The van der Waals surface area contributed by atoms with Crippen molar-refractivity contribution in [1.29, 1.82) is 0 Å². The molecule has 1 aromatic carbocycles. The maximum Gasteiger partial charge on any atom is 0.155 e. The van der Waals surface area contributed by atoms with E-state index in [1.54, 1.807) is 0 Å². The van der Waals surface area contributed by atoms with Gasteiger partial charge >= 0.3 is 0 Å². The summed E-state index contributed by atoms with van der Waals surface area (Å²) in [5, 5.41) is 8.36. The van der Waals surface area contributed by atoms with Gasteiger partial charge in [-0.25, -0.2) is 5.56 Å². The second-order valence-corrected chi connectivity index (χ2v) is 5.99. The van der Waals surface area contributed by atoms with Crippen LogP contribution in [0.25, 0.3) is 16.6 Å². The minimum absolute atomic E-state index is 0. The molecule has 2 heterocycles. The van der Waals surface area contributed by atoms with E-state index in [1.807, 2.05) is 18.2 Å². The van der Waals surface area contributed by atoms with Crippen LogP contribution in [-0.4, -0.2) is 10.9 Å². The first-order valence-corrected chi connectivity index (χ1v) is 8.06. The molecule has 4 heteroatoms. The summed E-state index contributed by atoms with van der Waals surface area (Å²) in [6.45, 7) is 7.07. The maximum absolute atomic E-state index is 10.0. The Labute approximate surface area is 168 Å². The van der Waals surface area contributed by atoms with E-state index >= 15 is 0 Å². The fraction of sp³-hybridized carbons (Fsp3) is 0.182. The molecule has 0 amide bonds. The van der Waals surface area contributed by atoms with Crippen molar-refractivity contribution in [2.45, 2.75) is 27.7 Å². The number of rotatable bonds is 2. The molecule has 0 aliphatic carbocycles. The number of ketones is 1. The fourth-order valence-corrected chi connectivity index (χ4v) is 2.47. The molecule has 0 atom stereocenters. The van der Waals surface area contributed by atoms with Crippen LogP contribution < -0.4 is 4.40 Å². The first kappa shape index (κ1) is 21.8. The van der Waals surface area contributed by atoms with Crippen molar-refractivity contribution in [1.82, 2.24) is 0 Å². The zero-order valence-corrected chi connectivity index (χ0v) is 17.7. The number of allylic oxidation sites excluding steroid dienone is 2. The van der Waals surface area contributed by atoms with Crippen molar-refractivity contribution in [2.24, 2.45) is 0 Å². The molecule has 0 saturated carbocycles. The molecule has 0 aliphatic rings. The van der Waals surface area contributed by atoms with Gasteiger partial charge < -0.3 is 5.11 Å². The Bertz CT molecular complexity index is 914. The van der Waals surface area contributed by atoms with Crippen LogP contribution in [-0.2, 0) is 24.9 Å². The third-order valence-electron chi connectivity index (χ3n) is 3.51. The number of hydrogen-bond donors (Lipinski definition) is 1. The Morgan fingerprint density at radius 1 is 1.12 bits per heavy atom. The summed E-state index contributed by atoms with van der Waals surface area (Å²) in [6.07, 6.45) is 6.68. The standard InChI is InChI=1S/C17H14N.C5H8O2.Ir/c1-13-8-9-17-14(2)10-16(12-18(17)11-13)15-6-4-3-5-7-15;1-4(6)3-5(2)7;/h3-6,8-11H,1-2H3;3,6H,1-2H3;/q-1;;/b;4-3-;. The minimum atomic E-state index is -0.125. The molecule has 0 aliphatic heterocycles. The van der Waals surface area contributed by atoms with E-state index in [-0.39, 0.29) is 31.6 Å². The van der Waals surface area contributed by atoms with Gasteiger partial charge in [0.1, 0.15) is 17.9 Å². The van der Waals surface area contributed by atoms with E-state index in [0.29, 0.717) is 0 Å². The monoisotopic (exact) mass is 525 g/mol. The summed E-state index contributed by atoms with van der Waals surface area (Å²) < 4.78 is 2.07. The summed E-state index contributed by atoms with van der Waals surface area (Å²) in [6, 6.07) is 17.7. The number of aryl methyl sites for hydroxylation is 2. The molecule has 0 spiro atoms. The van der Waals surface area contributed by atoms with Crippen LogP contribution in [0.3, 0.4) is 0 Å². The Balaban J connectivity index is 0.000000366. The van der Waals surface area contributed by atoms with Crippen LogP contribution in [0.2, 0.25) is 0 Å². The molecule has 2 aromatic heterocycles. The summed E-state index contributed by atoms with van der Waals surface area (Å²) in [5.74, 6) is -0.0625. The van der Waals surface area contributed by atoms with Crippen molar-refractivity contribution >= 4 is 11.3 Å². The molecule has 3 aromatic rings. The van der Waals surface area contributed by atoms with Gasteiger partial charge in [0, 0.05) is 26.2 Å². The number of aliphatic hydroxyl groups excluding tert-OH is 1. The molecule has 0 fully saturated rings. The van der Waals surface area contributed by atoms with E-state index < -0.39 is 0 Å². The zero-order chi connectivity index (χ0) is 18.4. The van der Waals surface area contributed by atoms with Crippen molar-refractivity contribution in [3.05, 3.63) is 83.9 Å². The second-order valence-electron chi connectivity index (χ2n) is 5.99. The third kappa shape index (κ3) is 6.21. The Hall–Kier alpha value is -2.29. The van der Waals surface area contributed by atoms with Crippen LogP contribution in [0.5, 0.6) is 0 Å². The SMILES string of the molecule is CC(=O)/C=C(/C)O.Cc1ccc2c(C)cc(-c3[c-]cccc3)[c-][n+]2c1.[Ir]. The van der Waals surface area contributed by atoms with Crippen molar-refractivity contribution in [3.63, 3.8) is 0 Å². The Kier molecular flexibility index (Phi) is 8.37. The van der Waals surface area contributed by atoms with Gasteiger partial charge in [0.05, 0.1) is 5.76 Å². The zero-order valence-electron chi connectivity index (χ0n) is 15.3. The molecular weight excluding hydrogens is 502 g/mol. The molecule has 1 N–H and O–H groups in total. The number of aliphatic hydroxyl groups is 1. The Morgan fingerprint density at radius 2 is 1.85 bits per heavy atom. The molecule has 0 bridgehead atoms. The number of fused-ring (bicyclic) bond motifs is 1. The molecule has 0 unspecified atom stereocenters. The van der Waals surface area contributed by atoms with Crippen molar-refractivity contribution in [3.8, 4) is 11.1 Å². The van der Waals surface area contributed by atoms with Crippen LogP contribution in [0.4, 0.5) is 0 Å². The first-order valence-electron chi connectivity index (χ1n) is 8.06. The average Bonchev–Trinajstić information content (AvgIpc) is 2.54. The molecular formula is C22H22IrNO2-. The van der Waals surface area contributed by atoms with Gasteiger partial charge in [-0.3, -0.25) is 9.20 Å². The number of carbonyl (C=O) groups is 1. The summed E-state index contributed by atoms with van der Waals surface area (Å²) in [7, 11) is 0. The molecule has 1 radical (unpaired) electrons. The number of carbonyl (C=O) groups excluding carboxylic acids is 1. The van der Waals surface area contributed by atoms with Crippen molar-refractivity contribution < 1.29 is 34.4 Å². The number of aromatic nitrogens is 1.